The van der Waals surface area contributed by atoms with Gasteiger partial charge in [0.1, 0.15) is 5.84 Å². The lowest BCUT2D eigenvalue weighted by Gasteiger charge is -2.31. The van der Waals surface area contributed by atoms with Gasteiger partial charge < -0.3 is 5.73 Å². The van der Waals surface area contributed by atoms with Crippen molar-refractivity contribution in [3.63, 3.8) is 0 Å². The third kappa shape index (κ3) is 4.06. The number of likely N-dealkylation sites (tertiary alicyclic amines) is 1. The summed E-state index contributed by atoms with van der Waals surface area (Å²) in [5.41, 5.74) is 7.63. The minimum absolute atomic E-state index is 0.156. The standard InChI is InChI=1S/C16H25N3/c1-2-4-13-7-9-19(10-8-13)12-14-5-3-6-15(11-14)16(17)18/h3,5-6,11,13H,2,4,7-10,12H2,1H3,(H3,17,18). The second-order valence-electron chi connectivity index (χ2n) is 5.62. The van der Waals surface area contributed by atoms with E-state index in [1.165, 1.54) is 44.3 Å². The molecule has 104 valence electrons. The van der Waals surface area contributed by atoms with Crippen molar-refractivity contribution in [2.24, 2.45) is 11.7 Å². The first-order valence-electron chi connectivity index (χ1n) is 7.34. The van der Waals surface area contributed by atoms with Crippen LogP contribution < -0.4 is 5.73 Å². The van der Waals surface area contributed by atoms with Gasteiger partial charge in [-0.25, -0.2) is 0 Å². The molecular formula is C16H25N3. The summed E-state index contributed by atoms with van der Waals surface area (Å²) in [5.74, 6) is 1.09. The van der Waals surface area contributed by atoms with Crippen LogP contribution in [0.15, 0.2) is 24.3 Å². The zero-order valence-corrected chi connectivity index (χ0v) is 11.9. The molecule has 0 unspecified atom stereocenters. The van der Waals surface area contributed by atoms with Crippen molar-refractivity contribution in [1.29, 1.82) is 5.41 Å². The Balaban J connectivity index is 1.88. The molecule has 1 aliphatic heterocycles. The fraction of sp³-hybridized carbons (Fsp3) is 0.562. The van der Waals surface area contributed by atoms with Crippen LogP contribution in [-0.4, -0.2) is 23.8 Å². The Bertz CT molecular complexity index is 420. The predicted molar refractivity (Wildman–Crippen MR) is 80.4 cm³/mol. The van der Waals surface area contributed by atoms with Crippen LogP contribution in [0.2, 0.25) is 0 Å². The number of benzene rings is 1. The molecule has 3 heteroatoms. The number of hydrogen-bond donors (Lipinski definition) is 2. The summed E-state index contributed by atoms with van der Waals surface area (Å²) in [4.78, 5) is 2.52. The largest absolute Gasteiger partial charge is 0.384 e. The molecule has 0 amide bonds. The minimum Gasteiger partial charge on any atom is -0.384 e. The maximum atomic E-state index is 7.49. The Kier molecular flexibility index (Phi) is 4.97. The van der Waals surface area contributed by atoms with Crippen molar-refractivity contribution in [2.45, 2.75) is 39.2 Å². The Labute approximate surface area is 116 Å². The number of piperidine rings is 1. The summed E-state index contributed by atoms with van der Waals surface area (Å²) in [7, 11) is 0. The van der Waals surface area contributed by atoms with E-state index in [0.29, 0.717) is 0 Å². The van der Waals surface area contributed by atoms with Gasteiger partial charge in [0.25, 0.3) is 0 Å². The lowest BCUT2D eigenvalue weighted by molar-refractivity contribution is 0.172. The smallest absolute Gasteiger partial charge is 0.122 e. The summed E-state index contributed by atoms with van der Waals surface area (Å²) in [6.07, 6.45) is 5.36. The second-order valence-corrected chi connectivity index (χ2v) is 5.62. The van der Waals surface area contributed by atoms with Gasteiger partial charge in [0.05, 0.1) is 0 Å². The van der Waals surface area contributed by atoms with E-state index >= 15 is 0 Å². The fourth-order valence-corrected chi connectivity index (χ4v) is 2.94. The van der Waals surface area contributed by atoms with Gasteiger partial charge in [-0.3, -0.25) is 10.3 Å². The van der Waals surface area contributed by atoms with Gasteiger partial charge in [-0.2, -0.15) is 0 Å². The van der Waals surface area contributed by atoms with Crippen LogP contribution in [0.5, 0.6) is 0 Å². The molecule has 1 heterocycles. The molecule has 0 atom stereocenters. The second kappa shape index (κ2) is 6.71. The third-order valence-corrected chi connectivity index (χ3v) is 4.05. The number of rotatable bonds is 5. The molecule has 0 bridgehead atoms. The SMILES string of the molecule is CCCC1CCN(Cc2cccc(C(=N)N)c2)CC1. The highest BCUT2D eigenvalue weighted by molar-refractivity contribution is 5.95. The molecular weight excluding hydrogens is 234 g/mol. The molecule has 1 aromatic rings. The van der Waals surface area contributed by atoms with Crippen LogP contribution in [0.1, 0.15) is 43.7 Å². The summed E-state index contributed by atoms with van der Waals surface area (Å²) in [6, 6.07) is 8.07. The highest BCUT2D eigenvalue weighted by Gasteiger charge is 2.18. The molecule has 0 aliphatic carbocycles. The molecule has 3 nitrogen and oxygen atoms in total. The molecule has 2 rings (SSSR count). The van der Waals surface area contributed by atoms with Gasteiger partial charge >= 0.3 is 0 Å². The van der Waals surface area contributed by atoms with Crippen LogP contribution in [0.3, 0.4) is 0 Å². The van der Waals surface area contributed by atoms with Crippen molar-refractivity contribution in [3.8, 4) is 0 Å². The Hall–Kier alpha value is -1.35. The van der Waals surface area contributed by atoms with Gasteiger partial charge in [-0.1, -0.05) is 38.0 Å². The topological polar surface area (TPSA) is 53.1 Å². The maximum absolute atomic E-state index is 7.49. The zero-order chi connectivity index (χ0) is 13.7. The molecule has 1 aliphatic rings. The van der Waals surface area contributed by atoms with Gasteiger partial charge in [0, 0.05) is 12.1 Å². The van der Waals surface area contributed by atoms with Crippen molar-refractivity contribution < 1.29 is 0 Å². The molecule has 0 saturated carbocycles. The molecule has 1 aromatic carbocycles. The van der Waals surface area contributed by atoms with E-state index in [-0.39, 0.29) is 5.84 Å². The lowest BCUT2D eigenvalue weighted by Crippen LogP contribution is -2.33. The first kappa shape index (κ1) is 14.1. The number of nitrogens with zero attached hydrogens (tertiary/aromatic N) is 1. The van der Waals surface area contributed by atoms with Gasteiger partial charge in [-0.15, -0.1) is 0 Å². The third-order valence-electron chi connectivity index (χ3n) is 4.05. The summed E-state index contributed by atoms with van der Waals surface area (Å²) in [5, 5.41) is 7.49. The van der Waals surface area contributed by atoms with Crippen molar-refractivity contribution in [2.75, 3.05) is 13.1 Å². The van der Waals surface area contributed by atoms with Crippen molar-refractivity contribution >= 4 is 5.84 Å². The van der Waals surface area contributed by atoms with Crippen LogP contribution in [0.25, 0.3) is 0 Å². The van der Waals surface area contributed by atoms with E-state index in [9.17, 15) is 0 Å². The highest BCUT2D eigenvalue weighted by atomic mass is 15.1. The number of nitrogen functional groups attached to an aromatic ring is 1. The quantitative estimate of drug-likeness (QED) is 0.631. The van der Waals surface area contributed by atoms with E-state index in [2.05, 4.69) is 17.9 Å². The van der Waals surface area contributed by atoms with E-state index in [0.717, 1.165) is 18.0 Å². The molecule has 19 heavy (non-hydrogen) atoms. The molecule has 1 saturated heterocycles. The van der Waals surface area contributed by atoms with Gasteiger partial charge in [0.15, 0.2) is 0 Å². The monoisotopic (exact) mass is 259 g/mol. The summed E-state index contributed by atoms with van der Waals surface area (Å²) in [6.45, 7) is 5.67. The number of amidine groups is 1. The number of nitrogens with one attached hydrogen (secondary N) is 1. The minimum atomic E-state index is 0.156. The van der Waals surface area contributed by atoms with Crippen molar-refractivity contribution in [3.05, 3.63) is 35.4 Å². The van der Waals surface area contributed by atoms with Crippen LogP contribution >= 0.6 is 0 Å². The number of nitrogens with two attached hydrogens (primary N) is 1. The summed E-state index contributed by atoms with van der Waals surface area (Å²) >= 11 is 0. The molecule has 0 spiro atoms. The predicted octanol–water partition coefficient (Wildman–Crippen LogP) is 2.98. The maximum Gasteiger partial charge on any atom is 0.122 e. The molecule has 0 aromatic heterocycles. The fourth-order valence-electron chi connectivity index (χ4n) is 2.94. The van der Waals surface area contributed by atoms with E-state index < -0.39 is 0 Å². The first-order chi connectivity index (χ1) is 9.19. The average Bonchev–Trinajstić information content (AvgIpc) is 2.42. The van der Waals surface area contributed by atoms with Crippen LogP contribution in [0.4, 0.5) is 0 Å². The van der Waals surface area contributed by atoms with E-state index in [1.54, 1.807) is 0 Å². The van der Waals surface area contributed by atoms with E-state index in [1.807, 2.05) is 18.2 Å². The Morgan fingerprint density at radius 2 is 2.11 bits per heavy atom. The van der Waals surface area contributed by atoms with Crippen LogP contribution in [-0.2, 0) is 6.54 Å². The summed E-state index contributed by atoms with van der Waals surface area (Å²) < 4.78 is 0. The number of hydrogen-bond acceptors (Lipinski definition) is 2. The average molecular weight is 259 g/mol. The van der Waals surface area contributed by atoms with Crippen LogP contribution in [0, 0.1) is 11.3 Å². The van der Waals surface area contributed by atoms with Gasteiger partial charge in [-0.05, 0) is 43.5 Å². The normalized spacial score (nSPS) is 17.5. The Morgan fingerprint density at radius 3 is 2.74 bits per heavy atom. The van der Waals surface area contributed by atoms with E-state index in [4.69, 9.17) is 11.1 Å². The Morgan fingerprint density at radius 1 is 1.37 bits per heavy atom. The van der Waals surface area contributed by atoms with Crippen molar-refractivity contribution in [1.82, 2.24) is 4.90 Å². The molecule has 3 N–H and O–H groups in total. The van der Waals surface area contributed by atoms with Gasteiger partial charge in [0.2, 0.25) is 0 Å². The zero-order valence-electron chi connectivity index (χ0n) is 11.9. The molecule has 0 radical (unpaired) electrons. The molecule has 1 fully saturated rings. The lowest BCUT2D eigenvalue weighted by atomic mass is 9.92. The highest BCUT2D eigenvalue weighted by Crippen LogP contribution is 2.22. The first-order valence-corrected chi connectivity index (χ1v) is 7.34.